The SMILES string of the molecule is CC1(OC(=O)c2nccs2)CCC1. The maximum absolute atomic E-state index is 11.4. The second kappa shape index (κ2) is 3.10. The van der Waals surface area contributed by atoms with Gasteiger partial charge in [-0.05, 0) is 26.2 Å². The summed E-state index contributed by atoms with van der Waals surface area (Å²) in [5, 5.41) is 2.23. The molecule has 4 heteroatoms. The molecule has 0 bridgehead atoms. The molecule has 0 spiro atoms. The third-order valence-electron chi connectivity index (χ3n) is 2.36. The van der Waals surface area contributed by atoms with Crippen molar-refractivity contribution in [3.8, 4) is 0 Å². The highest BCUT2D eigenvalue weighted by molar-refractivity contribution is 7.11. The first kappa shape index (κ1) is 8.69. The number of hydrogen-bond acceptors (Lipinski definition) is 4. The largest absolute Gasteiger partial charge is 0.454 e. The molecule has 1 saturated carbocycles. The molecule has 1 aromatic rings. The zero-order chi connectivity index (χ0) is 9.31. The van der Waals surface area contributed by atoms with Crippen molar-refractivity contribution in [2.75, 3.05) is 0 Å². The van der Waals surface area contributed by atoms with E-state index in [-0.39, 0.29) is 11.6 Å². The molecule has 0 amide bonds. The molecular weight excluding hydrogens is 186 g/mol. The molecular formula is C9H11NO2S. The van der Waals surface area contributed by atoms with Gasteiger partial charge in [-0.3, -0.25) is 0 Å². The average molecular weight is 197 g/mol. The van der Waals surface area contributed by atoms with E-state index in [1.165, 1.54) is 11.3 Å². The van der Waals surface area contributed by atoms with Gasteiger partial charge < -0.3 is 4.74 Å². The van der Waals surface area contributed by atoms with Crippen molar-refractivity contribution in [3.05, 3.63) is 16.6 Å². The lowest BCUT2D eigenvalue weighted by Crippen LogP contribution is -2.38. The van der Waals surface area contributed by atoms with Gasteiger partial charge in [0.15, 0.2) is 0 Å². The van der Waals surface area contributed by atoms with Crippen molar-refractivity contribution < 1.29 is 9.53 Å². The Kier molecular flexibility index (Phi) is 2.07. The molecule has 0 N–H and O–H groups in total. The van der Waals surface area contributed by atoms with E-state index in [2.05, 4.69) is 4.98 Å². The van der Waals surface area contributed by atoms with E-state index in [1.807, 2.05) is 6.92 Å². The van der Waals surface area contributed by atoms with Crippen LogP contribution in [0.1, 0.15) is 36.0 Å². The van der Waals surface area contributed by atoms with Gasteiger partial charge in [0.2, 0.25) is 5.01 Å². The fraction of sp³-hybridized carbons (Fsp3) is 0.556. The number of aromatic nitrogens is 1. The quantitative estimate of drug-likeness (QED) is 0.682. The normalized spacial score (nSPS) is 19.2. The summed E-state index contributed by atoms with van der Waals surface area (Å²) < 4.78 is 5.33. The van der Waals surface area contributed by atoms with Crippen LogP contribution in [0.3, 0.4) is 0 Å². The minimum Gasteiger partial charge on any atom is -0.454 e. The summed E-state index contributed by atoms with van der Waals surface area (Å²) in [4.78, 5) is 15.3. The number of carbonyl (C=O) groups is 1. The fourth-order valence-corrected chi connectivity index (χ4v) is 1.88. The molecule has 13 heavy (non-hydrogen) atoms. The van der Waals surface area contributed by atoms with Crippen LogP contribution in [0.2, 0.25) is 0 Å². The van der Waals surface area contributed by atoms with E-state index in [0.29, 0.717) is 5.01 Å². The highest BCUT2D eigenvalue weighted by Crippen LogP contribution is 2.35. The molecule has 70 valence electrons. The van der Waals surface area contributed by atoms with Crippen molar-refractivity contribution in [1.82, 2.24) is 4.98 Å². The van der Waals surface area contributed by atoms with Gasteiger partial charge in [-0.15, -0.1) is 11.3 Å². The Morgan fingerprint density at radius 3 is 2.92 bits per heavy atom. The van der Waals surface area contributed by atoms with Crippen LogP contribution in [0.15, 0.2) is 11.6 Å². The predicted molar refractivity (Wildman–Crippen MR) is 49.8 cm³/mol. The van der Waals surface area contributed by atoms with Gasteiger partial charge >= 0.3 is 5.97 Å². The van der Waals surface area contributed by atoms with E-state index in [4.69, 9.17) is 4.74 Å². The van der Waals surface area contributed by atoms with Crippen LogP contribution < -0.4 is 0 Å². The second-order valence-electron chi connectivity index (χ2n) is 3.53. The van der Waals surface area contributed by atoms with Crippen LogP contribution in [0, 0.1) is 0 Å². The van der Waals surface area contributed by atoms with Gasteiger partial charge in [0.05, 0.1) is 0 Å². The molecule has 0 saturated heterocycles. The van der Waals surface area contributed by atoms with Gasteiger partial charge in [0, 0.05) is 11.6 Å². The molecule has 0 unspecified atom stereocenters. The number of carbonyl (C=O) groups excluding carboxylic acids is 1. The summed E-state index contributed by atoms with van der Waals surface area (Å²) in [5.74, 6) is -0.280. The number of rotatable bonds is 2. The molecule has 2 rings (SSSR count). The predicted octanol–water partition coefficient (Wildman–Crippen LogP) is 2.24. The first-order valence-corrected chi connectivity index (χ1v) is 5.20. The molecule has 1 fully saturated rings. The molecule has 3 nitrogen and oxygen atoms in total. The number of hydrogen-bond donors (Lipinski definition) is 0. The number of ether oxygens (including phenoxy) is 1. The lowest BCUT2D eigenvalue weighted by molar-refractivity contribution is -0.0498. The summed E-state index contributed by atoms with van der Waals surface area (Å²) >= 11 is 1.32. The summed E-state index contributed by atoms with van der Waals surface area (Å²) in [6, 6.07) is 0. The molecule has 0 atom stereocenters. The minimum atomic E-state index is -0.280. The van der Waals surface area contributed by atoms with Crippen LogP contribution in [-0.4, -0.2) is 16.6 Å². The van der Waals surface area contributed by atoms with Crippen molar-refractivity contribution >= 4 is 17.3 Å². The molecule has 1 aliphatic rings. The van der Waals surface area contributed by atoms with Crippen molar-refractivity contribution in [3.63, 3.8) is 0 Å². The Morgan fingerprint density at radius 2 is 2.46 bits per heavy atom. The average Bonchev–Trinajstić information content (AvgIpc) is 2.53. The first-order valence-electron chi connectivity index (χ1n) is 4.32. The molecule has 0 aromatic carbocycles. The Morgan fingerprint density at radius 1 is 1.69 bits per heavy atom. The Bertz CT molecular complexity index is 303. The first-order chi connectivity index (χ1) is 6.20. The summed E-state index contributed by atoms with van der Waals surface area (Å²) in [6.45, 7) is 1.97. The second-order valence-corrected chi connectivity index (χ2v) is 4.42. The highest BCUT2D eigenvalue weighted by Gasteiger charge is 2.36. The molecule has 1 heterocycles. The van der Waals surface area contributed by atoms with Crippen LogP contribution in [0.25, 0.3) is 0 Å². The summed E-state index contributed by atoms with van der Waals surface area (Å²) in [7, 11) is 0. The standard InChI is InChI=1S/C9H11NO2S/c1-9(3-2-4-9)12-8(11)7-10-5-6-13-7/h5-6H,2-4H2,1H3. The fourth-order valence-electron chi connectivity index (χ4n) is 1.37. The van der Waals surface area contributed by atoms with E-state index >= 15 is 0 Å². The van der Waals surface area contributed by atoms with Crippen molar-refractivity contribution in [2.45, 2.75) is 31.8 Å². The lowest BCUT2D eigenvalue weighted by atomic mass is 9.82. The van der Waals surface area contributed by atoms with Crippen molar-refractivity contribution in [1.29, 1.82) is 0 Å². The van der Waals surface area contributed by atoms with Crippen LogP contribution in [-0.2, 0) is 4.74 Å². The zero-order valence-corrected chi connectivity index (χ0v) is 8.26. The van der Waals surface area contributed by atoms with Gasteiger partial charge in [-0.1, -0.05) is 0 Å². The molecule has 1 aromatic heterocycles. The monoisotopic (exact) mass is 197 g/mol. The van der Waals surface area contributed by atoms with Crippen LogP contribution in [0.4, 0.5) is 0 Å². The van der Waals surface area contributed by atoms with Crippen LogP contribution >= 0.6 is 11.3 Å². The van der Waals surface area contributed by atoms with E-state index in [1.54, 1.807) is 11.6 Å². The van der Waals surface area contributed by atoms with Gasteiger partial charge in [-0.2, -0.15) is 0 Å². The van der Waals surface area contributed by atoms with Crippen LogP contribution in [0.5, 0.6) is 0 Å². The summed E-state index contributed by atoms with van der Waals surface area (Å²) in [5.41, 5.74) is -0.219. The Balaban J connectivity index is 1.99. The number of esters is 1. The topological polar surface area (TPSA) is 39.2 Å². The molecule has 0 aliphatic heterocycles. The zero-order valence-electron chi connectivity index (χ0n) is 7.45. The van der Waals surface area contributed by atoms with E-state index in [0.717, 1.165) is 19.3 Å². The minimum absolute atomic E-state index is 0.219. The van der Waals surface area contributed by atoms with E-state index in [9.17, 15) is 4.79 Å². The van der Waals surface area contributed by atoms with Gasteiger partial charge in [-0.25, -0.2) is 9.78 Å². The maximum Gasteiger partial charge on any atom is 0.367 e. The number of nitrogens with zero attached hydrogens (tertiary/aromatic N) is 1. The van der Waals surface area contributed by atoms with Gasteiger partial charge in [0.1, 0.15) is 5.60 Å². The smallest absolute Gasteiger partial charge is 0.367 e. The lowest BCUT2D eigenvalue weighted by Gasteiger charge is -2.37. The summed E-state index contributed by atoms with van der Waals surface area (Å²) in [6.07, 6.45) is 4.72. The van der Waals surface area contributed by atoms with E-state index < -0.39 is 0 Å². The molecule has 0 radical (unpaired) electrons. The molecule has 1 aliphatic carbocycles. The third-order valence-corrected chi connectivity index (χ3v) is 3.11. The Labute approximate surface area is 80.8 Å². The van der Waals surface area contributed by atoms with Gasteiger partial charge in [0.25, 0.3) is 0 Å². The maximum atomic E-state index is 11.4. The number of thiazole rings is 1. The third kappa shape index (κ3) is 1.72. The Hall–Kier alpha value is -0.900. The van der Waals surface area contributed by atoms with Crippen molar-refractivity contribution in [2.24, 2.45) is 0 Å². The highest BCUT2D eigenvalue weighted by atomic mass is 32.1.